The number of carbonyl (C=O) groups is 2. The fraction of sp³-hybridized carbons (Fsp3) is 0.276. The van der Waals surface area contributed by atoms with Gasteiger partial charge in [0.1, 0.15) is 11.9 Å². The van der Waals surface area contributed by atoms with Crippen LogP contribution < -0.4 is 10.1 Å². The van der Waals surface area contributed by atoms with Crippen LogP contribution in [0, 0.1) is 11.3 Å². The van der Waals surface area contributed by atoms with Gasteiger partial charge in [-0.1, -0.05) is 49.2 Å². The largest absolute Gasteiger partial charge is 0.485 e. The summed E-state index contributed by atoms with van der Waals surface area (Å²) in [6.45, 7) is 1.96. The number of aliphatic carboxylic acids is 1. The Balaban J connectivity index is 1.99. The molecule has 0 fully saturated rings. The van der Waals surface area contributed by atoms with Crippen molar-refractivity contribution in [2.24, 2.45) is 0 Å². The van der Waals surface area contributed by atoms with Crippen molar-refractivity contribution in [2.75, 3.05) is 6.54 Å². The van der Waals surface area contributed by atoms with E-state index in [2.05, 4.69) is 5.32 Å². The van der Waals surface area contributed by atoms with Crippen LogP contribution in [0.5, 0.6) is 5.75 Å². The molecule has 39 heavy (non-hydrogen) atoms. The molecule has 3 rings (SSSR count). The zero-order valence-electron chi connectivity index (χ0n) is 21.0. The summed E-state index contributed by atoms with van der Waals surface area (Å²) in [4.78, 5) is 23.1. The average molecular weight is 559 g/mol. The summed E-state index contributed by atoms with van der Waals surface area (Å²) in [7, 11) is 0. The molecule has 0 bridgehead atoms. The molecule has 2 unspecified atom stereocenters. The minimum absolute atomic E-state index is 0.0114. The Kier molecular flexibility index (Phi) is 9.96. The molecule has 0 heterocycles. The summed E-state index contributed by atoms with van der Waals surface area (Å²) in [6, 6.07) is 18.1. The Morgan fingerprint density at radius 2 is 1.69 bits per heavy atom. The number of alkyl halides is 3. The number of nitriles is 1. The number of nitrogens with zero attached hydrogens (tertiary/aromatic N) is 1. The summed E-state index contributed by atoms with van der Waals surface area (Å²) in [5.74, 6) is -1.88. The van der Waals surface area contributed by atoms with Crippen LogP contribution in [-0.2, 0) is 11.0 Å². The van der Waals surface area contributed by atoms with Gasteiger partial charge in [0.25, 0.3) is 5.91 Å². The quantitative estimate of drug-likeness (QED) is 0.260. The zero-order valence-corrected chi connectivity index (χ0v) is 21.7. The van der Waals surface area contributed by atoms with Crippen LogP contribution in [0.2, 0.25) is 5.02 Å². The highest BCUT2D eigenvalue weighted by Crippen LogP contribution is 2.40. The lowest BCUT2D eigenvalue weighted by atomic mass is 9.85. The molecule has 0 aliphatic heterocycles. The van der Waals surface area contributed by atoms with Crippen LogP contribution in [-0.4, -0.2) is 23.5 Å². The SMILES string of the molecule is CCCC(c1ccc(C(=O)NCCC(=O)O)cc1)C(Oc1cc(C#N)cc(C(F)(F)F)c1)c1ccc(Cl)cc1. The van der Waals surface area contributed by atoms with Crippen molar-refractivity contribution in [3.05, 3.63) is 99.6 Å². The second kappa shape index (κ2) is 13.2. The third-order valence-electron chi connectivity index (χ3n) is 6.02. The molecule has 2 N–H and O–H groups in total. The first kappa shape index (κ1) is 29.5. The Morgan fingerprint density at radius 1 is 1.05 bits per heavy atom. The number of benzene rings is 3. The predicted molar refractivity (Wildman–Crippen MR) is 140 cm³/mol. The number of nitrogens with one attached hydrogen (secondary N) is 1. The lowest BCUT2D eigenvalue weighted by molar-refractivity contribution is -0.138. The third kappa shape index (κ3) is 8.23. The zero-order chi connectivity index (χ0) is 28.6. The van der Waals surface area contributed by atoms with Crippen LogP contribution in [0.1, 0.15) is 70.8 Å². The van der Waals surface area contributed by atoms with Gasteiger partial charge in [0.15, 0.2) is 0 Å². The average Bonchev–Trinajstić information content (AvgIpc) is 2.90. The molecule has 2 atom stereocenters. The van der Waals surface area contributed by atoms with E-state index >= 15 is 0 Å². The Hall–Kier alpha value is -4.03. The number of carbonyl (C=O) groups excluding carboxylic acids is 1. The van der Waals surface area contributed by atoms with Crippen molar-refractivity contribution in [2.45, 2.75) is 44.4 Å². The van der Waals surface area contributed by atoms with Crippen LogP contribution in [0.3, 0.4) is 0 Å². The highest BCUT2D eigenvalue weighted by molar-refractivity contribution is 6.30. The van der Waals surface area contributed by atoms with Gasteiger partial charge in [-0.3, -0.25) is 9.59 Å². The molecule has 3 aromatic carbocycles. The van der Waals surface area contributed by atoms with E-state index < -0.39 is 29.7 Å². The molecule has 0 saturated carbocycles. The number of ether oxygens (including phenoxy) is 1. The molecule has 10 heteroatoms. The first-order valence-corrected chi connectivity index (χ1v) is 12.5. The van der Waals surface area contributed by atoms with Crippen molar-refractivity contribution in [1.29, 1.82) is 5.26 Å². The lowest BCUT2D eigenvalue weighted by Gasteiger charge is -2.29. The molecule has 0 aliphatic rings. The van der Waals surface area contributed by atoms with Gasteiger partial charge >= 0.3 is 12.1 Å². The number of carboxylic acid groups (broad SMARTS) is 1. The van der Waals surface area contributed by atoms with Crippen LogP contribution in [0.25, 0.3) is 0 Å². The Labute approximate surface area is 229 Å². The molecule has 0 saturated heterocycles. The van der Waals surface area contributed by atoms with Crippen molar-refractivity contribution < 1.29 is 32.6 Å². The van der Waals surface area contributed by atoms with Gasteiger partial charge in [0, 0.05) is 23.0 Å². The smallest absolute Gasteiger partial charge is 0.416 e. The van der Waals surface area contributed by atoms with Gasteiger partial charge in [-0.15, -0.1) is 0 Å². The molecular formula is C29H26ClF3N2O4. The van der Waals surface area contributed by atoms with Gasteiger partial charge < -0.3 is 15.2 Å². The molecule has 0 aromatic heterocycles. The summed E-state index contributed by atoms with van der Waals surface area (Å²) in [5, 5.41) is 21.1. The van der Waals surface area contributed by atoms with E-state index in [4.69, 9.17) is 21.4 Å². The highest BCUT2D eigenvalue weighted by atomic mass is 35.5. The van der Waals surface area contributed by atoms with Gasteiger partial charge in [-0.2, -0.15) is 18.4 Å². The lowest BCUT2D eigenvalue weighted by Crippen LogP contribution is -2.26. The summed E-state index contributed by atoms with van der Waals surface area (Å²) in [5.41, 5.74) is 0.618. The molecule has 6 nitrogen and oxygen atoms in total. The summed E-state index contributed by atoms with van der Waals surface area (Å²) >= 11 is 6.07. The van der Waals surface area contributed by atoms with E-state index in [0.717, 1.165) is 24.1 Å². The molecule has 3 aromatic rings. The first-order chi connectivity index (χ1) is 18.5. The number of hydrogen-bond acceptors (Lipinski definition) is 4. The molecule has 204 valence electrons. The van der Waals surface area contributed by atoms with Crippen LogP contribution in [0.15, 0.2) is 66.7 Å². The molecule has 0 aliphatic carbocycles. The molecule has 1 amide bonds. The van der Waals surface area contributed by atoms with E-state index in [9.17, 15) is 28.0 Å². The van der Waals surface area contributed by atoms with Crippen molar-refractivity contribution >= 4 is 23.5 Å². The molecular weight excluding hydrogens is 533 g/mol. The van der Waals surface area contributed by atoms with Gasteiger partial charge in [-0.05, 0) is 60.0 Å². The normalized spacial score (nSPS) is 12.7. The minimum Gasteiger partial charge on any atom is -0.485 e. The van der Waals surface area contributed by atoms with Gasteiger partial charge in [0.05, 0.1) is 23.6 Å². The van der Waals surface area contributed by atoms with E-state index in [0.29, 0.717) is 22.6 Å². The van der Waals surface area contributed by atoms with E-state index in [1.165, 1.54) is 6.07 Å². The van der Waals surface area contributed by atoms with Crippen molar-refractivity contribution in [3.63, 3.8) is 0 Å². The predicted octanol–water partition coefficient (Wildman–Crippen LogP) is 7.14. The number of rotatable bonds is 11. The van der Waals surface area contributed by atoms with E-state index in [-0.39, 0.29) is 30.2 Å². The number of carboxylic acids is 1. The first-order valence-electron chi connectivity index (χ1n) is 12.2. The third-order valence-corrected chi connectivity index (χ3v) is 6.27. The maximum Gasteiger partial charge on any atom is 0.416 e. The topological polar surface area (TPSA) is 99.4 Å². The van der Waals surface area contributed by atoms with Crippen LogP contribution in [0.4, 0.5) is 13.2 Å². The van der Waals surface area contributed by atoms with E-state index in [1.54, 1.807) is 54.6 Å². The monoisotopic (exact) mass is 558 g/mol. The van der Waals surface area contributed by atoms with Gasteiger partial charge in [-0.25, -0.2) is 0 Å². The second-order valence-corrected chi connectivity index (χ2v) is 9.30. The standard InChI is InChI=1S/C29H26ClF3N2O4/c1-2-3-25(19-4-6-21(7-5-19)28(38)35-13-12-26(36)37)27(20-8-10-23(30)11-9-20)39-24-15-18(17-34)14-22(16-24)29(31,32)33/h4-11,14-16,25,27H,2-3,12-13H2,1H3,(H,35,38)(H,36,37). The number of halogens is 4. The summed E-state index contributed by atoms with van der Waals surface area (Å²) in [6.07, 6.45) is -4.29. The Morgan fingerprint density at radius 3 is 2.26 bits per heavy atom. The maximum atomic E-state index is 13.5. The highest BCUT2D eigenvalue weighted by Gasteiger charge is 2.33. The molecule has 0 spiro atoms. The van der Waals surface area contributed by atoms with E-state index in [1.807, 2.05) is 6.92 Å². The minimum atomic E-state index is -4.66. The fourth-order valence-electron chi connectivity index (χ4n) is 4.15. The second-order valence-electron chi connectivity index (χ2n) is 8.86. The molecule has 0 radical (unpaired) electrons. The summed E-state index contributed by atoms with van der Waals surface area (Å²) < 4.78 is 46.7. The van der Waals surface area contributed by atoms with Crippen molar-refractivity contribution in [1.82, 2.24) is 5.32 Å². The Bertz CT molecular complexity index is 1340. The number of amides is 1. The fourth-order valence-corrected chi connectivity index (χ4v) is 4.27. The van der Waals surface area contributed by atoms with Gasteiger partial charge in [0.2, 0.25) is 0 Å². The van der Waals surface area contributed by atoms with Crippen LogP contribution >= 0.6 is 11.6 Å². The maximum absolute atomic E-state index is 13.5. The van der Waals surface area contributed by atoms with Crippen molar-refractivity contribution in [3.8, 4) is 11.8 Å². The number of hydrogen-bond donors (Lipinski definition) is 2.